The Labute approximate surface area is 148 Å². The predicted molar refractivity (Wildman–Crippen MR) is 88.8 cm³/mol. The summed E-state index contributed by atoms with van der Waals surface area (Å²) >= 11 is 0. The van der Waals surface area contributed by atoms with Gasteiger partial charge in [-0.05, 0) is 48.1 Å². The van der Waals surface area contributed by atoms with Crippen molar-refractivity contribution in [1.29, 1.82) is 0 Å². The van der Waals surface area contributed by atoms with Gasteiger partial charge in [0.2, 0.25) is 0 Å². The van der Waals surface area contributed by atoms with Gasteiger partial charge in [0.1, 0.15) is 18.2 Å². The summed E-state index contributed by atoms with van der Waals surface area (Å²) in [6, 6.07) is 7.99. The molecule has 0 heterocycles. The molecule has 0 saturated heterocycles. The molecule has 0 N–H and O–H groups in total. The van der Waals surface area contributed by atoms with Gasteiger partial charge in [-0.2, -0.15) is 13.2 Å². The molecule has 6 heteroatoms. The number of carbonyl (C=O) groups is 1. The fraction of sp³-hybridized carbons (Fsp3) is 0.350. The Kier molecular flexibility index (Phi) is 5.30. The van der Waals surface area contributed by atoms with Crippen LogP contribution < -0.4 is 4.74 Å². The number of hydrogen-bond donors (Lipinski definition) is 0. The minimum absolute atomic E-state index is 0.0495. The van der Waals surface area contributed by atoms with Gasteiger partial charge in [-0.25, -0.2) is 4.39 Å². The summed E-state index contributed by atoms with van der Waals surface area (Å²) in [7, 11) is 0. The van der Waals surface area contributed by atoms with Crippen LogP contribution in [0.25, 0.3) is 0 Å². The Morgan fingerprint density at radius 2 is 1.81 bits per heavy atom. The maximum atomic E-state index is 13.6. The van der Waals surface area contributed by atoms with Crippen molar-refractivity contribution in [3.8, 4) is 5.75 Å². The van der Waals surface area contributed by atoms with E-state index in [9.17, 15) is 22.4 Å². The number of ether oxygens (including phenoxy) is 1. The average Bonchev–Trinajstić information content (AvgIpc) is 3.13. The van der Waals surface area contributed by atoms with E-state index in [0.29, 0.717) is 17.4 Å². The molecule has 1 aliphatic carbocycles. The van der Waals surface area contributed by atoms with Gasteiger partial charge in [-0.1, -0.05) is 25.0 Å². The summed E-state index contributed by atoms with van der Waals surface area (Å²) < 4.78 is 59.3. The Morgan fingerprint density at radius 3 is 2.42 bits per heavy atom. The summed E-state index contributed by atoms with van der Waals surface area (Å²) in [6.45, 7) is -0.117. The van der Waals surface area contributed by atoms with Crippen molar-refractivity contribution in [3.05, 3.63) is 64.5 Å². The molecular weight excluding hydrogens is 348 g/mol. The standard InChI is InChI=1S/C20H18F4O2/c21-19-10-16(7-6-15(19)11-25)26-12-13-5-8-17(14-3-1-2-4-14)18(9-13)20(22,23)24/h5-11,14H,1-4,12H2. The van der Waals surface area contributed by atoms with Gasteiger partial charge in [-0.15, -0.1) is 0 Å². The number of benzene rings is 2. The van der Waals surface area contributed by atoms with Crippen molar-refractivity contribution < 1.29 is 27.1 Å². The van der Waals surface area contributed by atoms with E-state index in [1.54, 1.807) is 6.07 Å². The van der Waals surface area contributed by atoms with Crippen LogP contribution in [0.4, 0.5) is 17.6 Å². The quantitative estimate of drug-likeness (QED) is 0.487. The lowest BCUT2D eigenvalue weighted by molar-refractivity contribution is -0.138. The summed E-state index contributed by atoms with van der Waals surface area (Å²) in [5, 5.41) is 0. The molecule has 0 unspecified atom stereocenters. The first-order valence-corrected chi connectivity index (χ1v) is 8.46. The van der Waals surface area contributed by atoms with Crippen LogP contribution in [0, 0.1) is 5.82 Å². The number of aldehydes is 1. The maximum absolute atomic E-state index is 13.6. The Morgan fingerprint density at radius 1 is 1.08 bits per heavy atom. The average molecular weight is 366 g/mol. The van der Waals surface area contributed by atoms with Crippen molar-refractivity contribution in [2.24, 2.45) is 0 Å². The fourth-order valence-electron chi connectivity index (χ4n) is 3.39. The van der Waals surface area contributed by atoms with E-state index in [1.165, 1.54) is 18.2 Å². The highest BCUT2D eigenvalue weighted by Crippen LogP contribution is 2.42. The Hall–Kier alpha value is -2.37. The lowest BCUT2D eigenvalue weighted by atomic mass is 9.91. The third-order valence-corrected chi connectivity index (χ3v) is 4.72. The van der Waals surface area contributed by atoms with Gasteiger partial charge in [0.15, 0.2) is 6.29 Å². The molecule has 1 fully saturated rings. The van der Waals surface area contributed by atoms with Crippen LogP contribution >= 0.6 is 0 Å². The van der Waals surface area contributed by atoms with E-state index in [4.69, 9.17) is 4.74 Å². The molecule has 138 valence electrons. The van der Waals surface area contributed by atoms with Gasteiger partial charge in [-0.3, -0.25) is 4.79 Å². The van der Waals surface area contributed by atoms with Gasteiger partial charge in [0.05, 0.1) is 11.1 Å². The van der Waals surface area contributed by atoms with E-state index in [2.05, 4.69) is 0 Å². The third-order valence-electron chi connectivity index (χ3n) is 4.72. The van der Waals surface area contributed by atoms with Crippen LogP contribution in [-0.2, 0) is 12.8 Å². The molecule has 26 heavy (non-hydrogen) atoms. The molecule has 0 radical (unpaired) electrons. The van der Waals surface area contributed by atoms with Crippen LogP contribution in [0.3, 0.4) is 0 Å². The minimum atomic E-state index is -4.42. The molecule has 1 aliphatic rings. The molecule has 0 amide bonds. The lowest BCUT2D eigenvalue weighted by Crippen LogP contribution is -2.12. The number of hydrogen-bond acceptors (Lipinski definition) is 2. The van der Waals surface area contributed by atoms with E-state index >= 15 is 0 Å². The maximum Gasteiger partial charge on any atom is 0.416 e. The number of halogens is 4. The summed E-state index contributed by atoms with van der Waals surface area (Å²) in [5.74, 6) is -0.627. The molecular formula is C20H18F4O2. The number of carbonyl (C=O) groups excluding carboxylic acids is 1. The minimum Gasteiger partial charge on any atom is -0.489 e. The molecule has 0 spiro atoms. The summed E-state index contributed by atoms with van der Waals surface area (Å²) in [4.78, 5) is 10.6. The highest BCUT2D eigenvalue weighted by atomic mass is 19.4. The summed E-state index contributed by atoms with van der Waals surface area (Å²) in [6.07, 6.45) is -0.574. The van der Waals surface area contributed by atoms with Gasteiger partial charge < -0.3 is 4.74 Å². The zero-order chi connectivity index (χ0) is 18.7. The van der Waals surface area contributed by atoms with Crippen LogP contribution in [0.5, 0.6) is 5.75 Å². The second-order valence-corrected chi connectivity index (χ2v) is 6.49. The van der Waals surface area contributed by atoms with Gasteiger partial charge >= 0.3 is 6.18 Å². The van der Waals surface area contributed by atoms with Gasteiger partial charge in [0, 0.05) is 6.07 Å². The number of alkyl halides is 3. The first kappa shape index (κ1) is 18.4. The monoisotopic (exact) mass is 366 g/mol. The first-order chi connectivity index (χ1) is 12.4. The topological polar surface area (TPSA) is 26.3 Å². The highest BCUT2D eigenvalue weighted by molar-refractivity contribution is 5.75. The predicted octanol–water partition coefficient (Wildman–Crippen LogP) is 5.89. The van der Waals surface area contributed by atoms with Crippen molar-refractivity contribution >= 4 is 6.29 Å². The molecule has 0 aromatic heterocycles. The Balaban J connectivity index is 1.80. The van der Waals surface area contributed by atoms with Gasteiger partial charge in [0.25, 0.3) is 0 Å². The first-order valence-electron chi connectivity index (χ1n) is 8.46. The number of rotatable bonds is 5. The van der Waals surface area contributed by atoms with Crippen LogP contribution in [0.15, 0.2) is 36.4 Å². The highest BCUT2D eigenvalue weighted by Gasteiger charge is 2.36. The molecule has 1 saturated carbocycles. The van der Waals surface area contributed by atoms with Crippen LogP contribution in [0.2, 0.25) is 0 Å². The summed E-state index contributed by atoms with van der Waals surface area (Å²) in [5.41, 5.74) is -0.00955. The van der Waals surface area contributed by atoms with E-state index in [-0.39, 0.29) is 23.8 Å². The smallest absolute Gasteiger partial charge is 0.416 e. The second-order valence-electron chi connectivity index (χ2n) is 6.49. The van der Waals surface area contributed by atoms with Crippen LogP contribution in [0.1, 0.15) is 58.6 Å². The molecule has 2 aromatic carbocycles. The normalized spacial score (nSPS) is 15.2. The van der Waals surface area contributed by atoms with E-state index in [1.807, 2.05) is 0 Å². The molecule has 0 aliphatic heterocycles. The zero-order valence-electron chi connectivity index (χ0n) is 14.0. The SMILES string of the molecule is O=Cc1ccc(OCc2ccc(C3CCCC3)c(C(F)(F)F)c2)cc1F. The zero-order valence-corrected chi connectivity index (χ0v) is 14.0. The fourth-order valence-corrected chi connectivity index (χ4v) is 3.39. The van der Waals surface area contributed by atoms with Crippen molar-refractivity contribution in [2.45, 2.75) is 44.4 Å². The van der Waals surface area contributed by atoms with Crippen molar-refractivity contribution in [3.63, 3.8) is 0 Å². The lowest BCUT2D eigenvalue weighted by Gasteiger charge is -2.19. The van der Waals surface area contributed by atoms with E-state index < -0.39 is 17.6 Å². The third kappa shape index (κ3) is 4.06. The van der Waals surface area contributed by atoms with Crippen LogP contribution in [-0.4, -0.2) is 6.29 Å². The molecule has 0 bridgehead atoms. The Bertz CT molecular complexity index is 793. The van der Waals surface area contributed by atoms with E-state index in [0.717, 1.165) is 37.8 Å². The largest absolute Gasteiger partial charge is 0.489 e. The molecule has 2 aromatic rings. The second kappa shape index (κ2) is 7.48. The van der Waals surface area contributed by atoms with Crippen molar-refractivity contribution in [2.75, 3.05) is 0 Å². The molecule has 2 nitrogen and oxygen atoms in total. The van der Waals surface area contributed by atoms with Crippen molar-refractivity contribution in [1.82, 2.24) is 0 Å². The molecule has 0 atom stereocenters. The molecule has 3 rings (SSSR count).